The van der Waals surface area contributed by atoms with Crippen LogP contribution in [-0.2, 0) is 4.79 Å². The molecule has 0 bridgehead atoms. The number of amides is 1. The monoisotopic (exact) mass is 366 g/mol. The van der Waals surface area contributed by atoms with E-state index in [2.05, 4.69) is 10.3 Å². The maximum atomic E-state index is 12.5. The Morgan fingerprint density at radius 1 is 1.08 bits per heavy atom. The van der Waals surface area contributed by atoms with Gasteiger partial charge in [-0.05, 0) is 30.9 Å². The molecule has 3 rings (SSSR count). The maximum absolute atomic E-state index is 12.5. The number of pyridine rings is 1. The molecule has 2 aromatic carbocycles. The Morgan fingerprint density at radius 2 is 1.81 bits per heavy atom. The van der Waals surface area contributed by atoms with Crippen molar-refractivity contribution in [3.63, 3.8) is 0 Å². The first-order valence-electron chi connectivity index (χ1n) is 8.48. The topological polar surface area (TPSA) is 59.1 Å². The minimum absolute atomic E-state index is 0.115. The molecule has 4 nitrogen and oxygen atoms in total. The van der Waals surface area contributed by atoms with E-state index >= 15 is 0 Å². The number of benzene rings is 2. The highest BCUT2D eigenvalue weighted by Crippen LogP contribution is 2.32. The van der Waals surface area contributed by atoms with Crippen LogP contribution in [0.5, 0.6) is 0 Å². The molecule has 1 N–H and O–H groups in total. The molecule has 0 aliphatic carbocycles. The summed E-state index contributed by atoms with van der Waals surface area (Å²) in [5, 5.41) is 5.27. The Balaban J connectivity index is 1.96. The van der Waals surface area contributed by atoms with E-state index in [1.165, 1.54) is 0 Å². The van der Waals surface area contributed by atoms with Crippen LogP contribution in [0.1, 0.15) is 30.3 Å². The minimum Gasteiger partial charge on any atom is -0.351 e. The van der Waals surface area contributed by atoms with Crippen molar-refractivity contribution in [2.75, 3.05) is 6.54 Å². The number of halogens is 1. The summed E-state index contributed by atoms with van der Waals surface area (Å²) in [5.41, 5.74) is 1.81. The number of nitrogens with zero attached hydrogens (tertiary/aromatic N) is 1. The fourth-order valence-electron chi connectivity index (χ4n) is 2.80. The molecule has 5 heteroatoms. The lowest BCUT2D eigenvalue weighted by Crippen LogP contribution is -2.25. The molecular formula is C21H19ClN2O2. The van der Waals surface area contributed by atoms with Crippen molar-refractivity contribution in [1.29, 1.82) is 0 Å². The molecule has 0 spiro atoms. The third kappa shape index (κ3) is 4.09. The van der Waals surface area contributed by atoms with Crippen LogP contribution < -0.4 is 5.32 Å². The Labute approximate surface area is 157 Å². The highest BCUT2D eigenvalue weighted by molar-refractivity contribution is 6.33. The Bertz CT molecular complexity index is 969. The van der Waals surface area contributed by atoms with Gasteiger partial charge in [0, 0.05) is 28.9 Å². The van der Waals surface area contributed by atoms with E-state index in [0.29, 0.717) is 35.8 Å². The van der Waals surface area contributed by atoms with Gasteiger partial charge in [-0.3, -0.25) is 4.79 Å². The van der Waals surface area contributed by atoms with Crippen LogP contribution in [0.25, 0.3) is 22.0 Å². The van der Waals surface area contributed by atoms with E-state index in [1.54, 1.807) is 13.0 Å². The fourth-order valence-corrected chi connectivity index (χ4v) is 3.03. The second-order valence-corrected chi connectivity index (χ2v) is 6.53. The van der Waals surface area contributed by atoms with E-state index < -0.39 is 0 Å². The van der Waals surface area contributed by atoms with E-state index in [0.717, 1.165) is 16.3 Å². The lowest BCUT2D eigenvalue weighted by atomic mass is 10.0. The Hall–Kier alpha value is -2.72. The number of rotatable bonds is 6. The summed E-state index contributed by atoms with van der Waals surface area (Å²) >= 11 is 6.35. The van der Waals surface area contributed by atoms with Crippen LogP contribution >= 0.6 is 11.6 Å². The number of Topliss-reactive ketones (excluding diaryl/α,β-unsaturated/α-hetero) is 1. The van der Waals surface area contributed by atoms with Crippen molar-refractivity contribution in [2.24, 2.45) is 0 Å². The molecule has 0 aliphatic heterocycles. The SMILES string of the molecule is CC(=O)CCCNC(=O)c1cc2ccccc2c(-c2ccccc2Cl)n1. The molecule has 0 aliphatic rings. The lowest BCUT2D eigenvalue weighted by Gasteiger charge is -2.11. The van der Waals surface area contributed by atoms with Crippen molar-refractivity contribution in [2.45, 2.75) is 19.8 Å². The van der Waals surface area contributed by atoms with Crippen LogP contribution in [0.2, 0.25) is 5.02 Å². The molecule has 3 aromatic rings. The lowest BCUT2D eigenvalue weighted by molar-refractivity contribution is -0.117. The summed E-state index contributed by atoms with van der Waals surface area (Å²) < 4.78 is 0. The second-order valence-electron chi connectivity index (χ2n) is 6.12. The number of hydrogen-bond acceptors (Lipinski definition) is 3. The summed E-state index contributed by atoms with van der Waals surface area (Å²) in [6.07, 6.45) is 1.07. The zero-order valence-electron chi connectivity index (χ0n) is 14.5. The van der Waals surface area contributed by atoms with Crippen LogP contribution in [0, 0.1) is 0 Å². The molecule has 1 aromatic heterocycles. The van der Waals surface area contributed by atoms with Gasteiger partial charge in [0.2, 0.25) is 0 Å². The summed E-state index contributed by atoms with van der Waals surface area (Å²) in [6, 6.07) is 17.0. The molecule has 0 saturated heterocycles. The van der Waals surface area contributed by atoms with E-state index in [9.17, 15) is 9.59 Å². The first-order valence-corrected chi connectivity index (χ1v) is 8.86. The quantitative estimate of drug-likeness (QED) is 0.646. The van der Waals surface area contributed by atoms with Crippen LogP contribution in [0.3, 0.4) is 0 Å². The van der Waals surface area contributed by atoms with E-state index in [4.69, 9.17) is 11.6 Å². The van der Waals surface area contributed by atoms with Gasteiger partial charge in [-0.25, -0.2) is 4.98 Å². The standard InChI is InChI=1S/C21H19ClN2O2/c1-14(25)7-6-12-23-21(26)19-13-15-8-2-3-9-16(15)20(24-19)17-10-4-5-11-18(17)22/h2-5,8-11,13H,6-7,12H2,1H3,(H,23,26). The smallest absolute Gasteiger partial charge is 0.269 e. The zero-order valence-corrected chi connectivity index (χ0v) is 15.2. The molecule has 0 atom stereocenters. The first kappa shape index (κ1) is 18.1. The highest BCUT2D eigenvalue weighted by atomic mass is 35.5. The Morgan fingerprint density at radius 3 is 2.58 bits per heavy atom. The van der Waals surface area contributed by atoms with Gasteiger partial charge in [-0.1, -0.05) is 54.1 Å². The van der Waals surface area contributed by atoms with Crippen molar-refractivity contribution < 1.29 is 9.59 Å². The van der Waals surface area contributed by atoms with Crippen LogP contribution in [0.15, 0.2) is 54.6 Å². The van der Waals surface area contributed by atoms with Gasteiger partial charge in [0.25, 0.3) is 5.91 Å². The van der Waals surface area contributed by atoms with Crippen molar-refractivity contribution in [3.05, 3.63) is 65.3 Å². The number of fused-ring (bicyclic) bond motifs is 1. The minimum atomic E-state index is -0.257. The fraction of sp³-hybridized carbons (Fsp3) is 0.190. The van der Waals surface area contributed by atoms with Gasteiger partial charge in [0.15, 0.2) is 0 Å². The number of ketones is 1. The zero-order chi connectivity index (χ0) is 18.5. The normalized spacial score (nSPS) is 10.7. The van der Waals surface area contributed by atoms with Gasteiger partial charge in [0.1, 0.15) is 11.5 Å². The average Bonchev–Trinajstić information content (AvgIpc) is 2.64. The van der Waals surface area contributed by atoms with Crippen molar-refractivity contribution >= 4 is 34.1 Å². The van der Waals surface area contributed by atoms with Gasteiger partial charge in [-0.15, -0.1) is 0 Å². The van der Waals surface area contributed by atoms with Gasteiger partial charge in [0.05, 0.1) is 5.69 Å². The average molecular weight is 367 g/mol. The summed E-state index contributed by atoms with van der Waals surface area (Å²) in [5.74, 6) is -0.142. The van der Waals surface area contributed by atoms with Crippen molar-refractivity contribution in [1.82, 2.24) is 10.3 Å². The molecule has 1 heterocycles. The molecular weight excluding hydrogens is 348 g/mol. The van der Waals surface area contributed by atoms with Gasteiger partial charge in [-0.2, -0.15) is 0 Å². The largest absolute Gasteiger partial charge is 0.351 e. The number of carbonyl (C=O) groups excluding carboxylic acids is 2. The molecule has 0 unspecified atom stereocenters. The molecule has 0 fully saturated rings. The summed E-state index contributed by atoms with van der Waals surface area (Å²) in [6.45, 7) is 1.98. The molecule has 132 valence electrons. The first-order chi connectivity index (χ1) is 12.6. The van der Waals surface area contributed by atoms with Crippen molar-refractivity contribution in [3.8, 4) is 11.3 Å². The number of nitrogens with one attached hydrogen (secondary N) is 1. The summed E-state index contributed by atoms with van der Waals surface area (Å²) in [4.78, 5) is 28.1. The number of carbonyl (C=O) groups is 2. The number of hydrogen-bond donors (Lipinski definition) is 1. The summed E-state index contributed by atoms with van der Waals surface area (Å²) in [7, 11) is 0. The molecule has 0 saturated carbocycles. The predicted octanol–water partition coefficient (Wildman–Crippen LogP) is 4.65. The van der Waals surface area contributed by atoms with Gasteiger partial charge < -0.3 is 10.1 Å². The Kier molecular flexibility index (Phi) is 5.64. The second kappa shape index (κ2) is 8.11. The third-order valence-corrected chi connectivity index (χ3v) is 4.42. The highest BCUT2D eigenvalue weighted by Gasteiger charge is 2.14. The number of aromatic nitrogens is 1. The van der Waals surface area contributed by atoms with Crippen LogP contribution in [-0.4, -0.2) is 23.2 Å². The molecule has 0 radical (unpaired) electrons. The predicted molar refractivity (Wildman–Crippen MR) is 104 cm³/mol. The molecule has 1 amide bonds. The van der Waals surface area contributed by atoms with Gasteiger partial charge >= 0.3 is 0 Å². The van der Waals surface area contributed by atoms with E-state index in [-0.39, 0.29) is 11.7 Å². The third-order valence-electron chi connectivity index (χ3n) is 4.09. The molecule has 26 heavy (non-hydrogen) atoms. The maximum Gasteiger partial charge on any atom is 0.269 e. The van der Waals surface area contributed by atoms with E-state index in [1.807, 2.05) is 48.5 Å². The van der Waals surface area contributed by atoms with Crippen LogP contribution in [0.4, 0.5) is 0 Å².